The van der Waals surface area contributed by atoms with Crippen molar-refractivity contribution in [3.8, 4) is 5.75 Å². The van der Waals surface area contributed by atoms with Crippen molar-refractivity contribution in [1.29, 1.82) is 0 Å². The second-order valence-electron chi connectivity index (χ2n) is 6.27. The molecule has 2 aromatic rings. The fourth-order valence-corrected chi connectivity index (χ4v) is 2.04. The number of ether oxygens (including phenoxy) is 1. The second-order valence-corrected chi connectivity index (χ2v) is 6.27. The van der Waals surface area contributed by atoms with Crippen molar-refractivity contribution < 1.29 is 9.66 Å². The smallest absolute Gasteiger partial charge is 0.406 e. The lowest BCUT2D eigenvalue weighted by molar-refractivity contribution is -0.390. The van der Waals surface area contributed by atoms with Crippen LogP contribution in [0.1, 0.15) is 37.6 Å². The van der Waals surface area contributed by atoms with E-state index in [1.165, 1.54) is 5.56 Å². The molecule has 0 saturated carbocycles. The van der Waals surface area contributed by atoms with Crippen molar-refractivity contribution in [3.63, 3.8) is 0 Å². The Morgan fingerprint density at radius 2 is 1.77 bits per heavy atom. The molecule has 0 bridgehead atoms. The molecule has 0 aliphatic carbocycles. The van der Waals surface area contributed by atoms with Gasteiger partial charge >= 0.3 is 5.82 Å². The first-order chi connectivity index (χ1) is 10.3. The summed E-state index contributed by atoms with van der Waals surface area (Å²) in [5.41, 5.74) is 2.88. The lowest BCUT2D eigenvalue weighted by atomic mass is 9.87. The van der Waals surface area contributed by atoms with Crippen LogP contribution in [0.2, 0.25) is 0 Å². The molecule has 0 aliphatic heterocycles. The van der Waals surface area contributed by atoms with Crippen molar-refractivity contribution in [2.75, 3.05) is 0 Å². The van der Waals surface area contributed by atoms with Gasteiger partial charge in [-0.2, -0.15) is 0 Å². The summed E-state index contributed by atoms with van der Waals surface area (Å²) >= 11 is 0. The van der Waals surface area contributed by atoms with Crippen LogP contribution in [0.15, 0.2) is 36.4 Å². The van der Waals surface area contributed by atoms with Gasteiger partial charge in [0.25, 0.3) is 0 Å². The van der Waals surface area contributed by atoms with Crippen molar-refractivity contribution in [2.45, 2.75) is 39.7 Å². The van der Waals surface area contributed by atoms with Gasteiger partial charge in [0.1, 0.15) is 12.3 Å². The van der Waals surface area contributed by atoms with E-state index in [9.17, 15) is 10.1 Å². The van der Waals surface area contributed by atoms with Gasteiger partial charge in [-0.3, -0.25) is 0 Å². The normalized spacial score (nSPS) is 11.3. The maximum absolute atomic E-state index is 11.0. The number of hydrogen-bond donors (Lipinski definition) is 0. The Morgan fingerprint density at radius 3 is 2.32 bits per heavy atom. The Morgan fingerprint density at radius 1 is 1.14 bits per heavy atom. The monoisotopic (exact) mass is 300 g/mol. The fourth-order valence-electron chi connectivity index (χ4n) is 2.04. The molecule has 1 heterocycles. The van der Waals surface area contributed by atoms with Crippen LogP contribution in [0.3, 0.4) is 0 Å². The van der Waals surface area contributed by atoms with Crippen LogP contribution in [-0.4, -0.2) is 9.91 Å². The lowest BCUT2D eigenvalue weighted by Crippen LogP contribution is -2.11. The first-order valence-electron chi connectivity index (χ1n) is 7.11. The van der Waals surface area contributed by atoms with E-state index < -0.39 is 4.92 Å². The zero-order valence-electron chi connectivity index (χ0n) is 13.3. The quantitative estimate of drug-likeness (QED) is 0.627. The van der Waals surface area contributed by atoms with Gasteiger partial charge in [0, 0.05) is 6.92 Å². The van der Waals surface area contributed by atoms with E-state index in [1.807, 2.05) is 12.1 Å². The SMILES string of the molecule is Cc1ccc(OCc2ccc(C(C)(C)C)cc2)c([N+](=O)[O-])n1. The number of rotatable bonds is 4. The zero-order valence-corrected chi connectivity index (χ0v) is 13.3. The first kappa shape index (κ1) is 15.9. The molecule has 0 unspecified atom stereocenters. The molecule has 0 aliphatic rings. The van der Waals surface area contributed by atoms with E-state index in [0.29, 0.717) is 5.69 Å². The van der Waals surface area contributed by atoms with Crippen LogP contribution in [0.4, 0.5) is 5.82 Å². The summed E-state index contributed by atoms with van der Waals surface area (Å²) in [7, 11) is 0. The van der Waals surface area contributed by atoms with Crippen LogP contribution in [0.25, 0.3) is 0 Å². The highest BCUT2D eigenvalue weighted by Crippen LogP contribution is 2.26. The van der Waals surface area contributed by atoms with E-state index >= 15 is 0 Å². The van der Waals surface area contributed by atoms with Crippen LogP contribution in [0.5, 0.6) is 5.75 Å². The molecule has 0 saturated heterocycles. The fraction of sp³-hybridized carbons (Fsp3) is 0.353. The number of aryl methyl sites for hydroxylation is 1. The summed E-state index contributed by atoms with van der Waals surface area (Å²) in [4.78, 5) is 14.4. The minimum atomic E-state index is -0.523. The van der Waals surface area contributed by atoms with Crippen molar-refractivity contribution in [2.24, 2.45) is 0 Å². The van der Waals surface area contributed by atoms with E-state index in [0.717, 1.165) is 5.56 Å². The molecule has 0 spiro atoms. The summed E-state index contributed by atoms with van der Waals surface area (Å²) in [6.45, 7) is 8.44. The molecule has 1 aromatic heterocycles. The molecule has 22 heavy (non-hydrogen) atoms. The summed E-state index contributed by atoms with van der Waals surface area (Å²) in [5.74, 6) is -0.0539. The third-order valence-electron chi connectivity index (χ3n) is 3.37. The number of benzene rings is 1. The van der Waals surface area contributed by atoms with Crippen LogP contribution < -0.4 is 4.74 Å². The largest absolute Gasteiger partial charge is 0.481 e. The van der Waals surface area contributed by atoms with E-state index in [-0.39, 0.29) is 23.6 Å². The molecule has 0 N–H and O–H groups in total. The lowest BCUT2D eigenvalue weighted by Gasteiger charge is -2.19. The molecular formula is C17H20N2O3. The summed E-state index contributed by atoms with van der Waals surface area (Å²) < 4.78 is 5.56. The molecule has 5 nitrogen and oxygen atoms in total. The standard InChI is InChI=1S/C17H20N2O3/c1-12-5-10-15(16(18-12)19(20)21)22-11-13-6-8-14(9-7-13)17(2,3)4/h5-10H,11H2,1-4H3. The number of nitrogens with zero attached hydrogens (tertiary/aromatic N) is 2. The van der Waals surface area contributed by atoms with Crippen molar-refractivity contribution in [3.05, 3.63) is 63.3 Å². The van der Waals surface area contributed by atoms with Gasteiger partial charge in [-0.05, 0) is 38.6 Å². The number of nitro groups is 1. The average Bonchev–Trinajstić information content (AvgIpc) is 2.45. The molecule has 1 aromatic carbocycles. The van der Waals surface area contributed by atoms with Crippen LogP contribution in [-0.2, 0) is 12.0 Å². The second kappa shape index (κ2) is 6.13. The zero-order chi connectivity index (χ0) is 16.3. The van der Waals surface area contributed by atoms with Gasteiger partial charge in [-0.15, -0.1) is 0 Å². The van der Waals surface area contributed by atoms with Crippen molar-refractivity contribution in [1.82, 2.24) is 4.98 Å². The third-order valence-corrected chi connectivity index (χ3v) is 3.37. The Hall–Kier alpha value is -2.43. The maximum atomic E-state index is 11.0. The molecule has 0 fully saturated rings. The Balaban J connectivity index is 2.12. The predicted molar refractivity (Wildman–Crippen MR) is 85.1 cm³/mol. The number of pyridine rings is 1. The van der Waals surface area contributed by atoms with Gasteiger partial charge in [-0.25, -0.2) is 0 Å². The van der Waals surface area contributed by atoms with Crippen molar-refractivity contribution >= 4 is 5.82 Å². The Kier molecular flexibility index (Phi) is 4.45. The van der Waals surface area contributed by atoms with Gasteiger partial charge in [0.05, 0.1) is 0 Å². The molecular weight excluding hydrogens is 280 g/mol. The van der Waals surface area contributed by atoms with E-state index in [1.54, 1.807) is 19.1 Å². The highest BCUT2D eigenvalue weighted by Gasteiger charge is 2.18. The van der Waals surface area contributed by atoms with Gasteiger partial charge < -0.3 is 14.9 Å². The minimum absolute atomic E-state index is 0.0963. The summed E-state index contributed by atoms with van der Waals surface area (Å²) in [5, 5.41) is 11.0. The highest BCUT2D eigenvalue weighted by molar-refractivity contribution is 5.40. The number of aromatic nitrogens is 1. The molecule has 5 heteroatoms. The molecule has 116 valence electrons. The summed E-state index contributed by atoms with van der Waals surface area (Å²) in [6, 6.07) is 11.4. The number of hydrogen-bond acceptors (Lipinski definition) is 4. The topological polar surface area (TPSA) is 65.3 Å². The van der Waals surface area contributed by atoms with Gasteiger partial charge in [0.15, 0.2) is 0 Å². The molecule has 2 rings (SSSR count). The predicted octanol–water partition coefficient (Wildman–Crippen LogP) is 4.17. The van der Waals surface area contributed by atoms with Crippen LogP contribution in [0, 0.1) is 17.0 Å². The highest BCUT2D eigenvalue weighted by atomic mass is 16.6. The first-order valence-corrected chi connectivity index (χ1v) is 7.11. The maximum Gasteiger partial charge on any atom is 0.406 e. The average molecular weight is 300 g/mol. The Bertz CT molecular complexity index is 673. The van der Waals surface area contributed by atoms with E-state index in [4.69, 9.17) is 4.74 Å². The Labute approximate surface area is 130 Å². The van der Waals surface area contributed by atoms with Crippen LogP contribution >= 0.6 is 0 Å². The molecule has 0 atom stereocenters. The minimum Gasteiger partial charge on any atom is -0.481 e. The van der Waals surface area contributed by atoms with Gasteiger partial charge in [-0.1, -0.05) is 45.0 Å². The summed E-state index contributed by atoms with van der Waals surface area (Å²) in [6.07, 6.45) is 0. The van der Waals surface area contributed by atoms with Gasteiger partial charge in [0.2, 0.25) is 5.75 Å². The van der Waals surface area contributed by atoms with E-state index in [2.05, 4.69) is 37.9 Å². The molecule has 0 radical (unpaired) electrons. The molecule has 0 amide bonds. The third kappa shape index (κ3) is 3.81.